The molecule has 1 N–H and O–H groups in total. The molecule has 134 valence electrons. The van der Waals surface area contributed by atoms with Crippen LogP contribution in [0.1, 0.15) is 31.0 Å². The van der Waals surface area contributed by atoms with E-state index in [1.807, 2.05) is 25.1 Å². The maximum absolute atomic E-state index is 5.65. The molecule has 0 amide bonds. The standard InChI is InChI=1S/C20H22BrNO2.ClH/c1-4-12-24-19-11-6-16(13-20(19)23-5-2)14-22-15(3)17-7-9-18(21)10-8-17;/h1,6-11,13,15,22H,5,12,14H2,2-3H3;1H. The minimum Gasteiger partial charge on any atom is -0.490 e. The van der Waals surface area contributed by atoms with E-state index in [1.165, 1.54) is 5.56 Å². The molecule has 0 aliphatic rings. The molecule has 0 spiro atoms. The minimum absolute atomic E-state index is 0. The number of ether oxygens (including phenoxy) is 2. The van der Waals surface area contributed by atoms with Gasteiger partial charge in [-0.15, -0.1) is 18.8 Å². The normalized spacial score (nSPS) is 11.1. The zero-order valence-electron chi connectivity index (χ0n) is 14.4. The van der Waals surface area contributed by atoms with Crippen molar-refractivity contribution >= 4 is 28.3 Å². The van der Waals surface area contributed by atoms with Crippen LogP contribution in [0.4, 0.5) is 0 Å². The third-order valence-electron chi connectivity index (χ3n) is 3.60. The lowest BCUT2D eigenvalue weighted by Crippen LogP contribution is -2.18. The number of halogens is 2. The molecule has 0 aliphatic heterocycles. The maximum atomic E-state index is 5.65. The van der Waals surface area contributed by atoms with Crippen molar-refractivity contribution in [2.45, 2.75) is 26.4 Å². The summed E-state index contributed by atoms with van der Waals surface area (Å²) in [6.07, 6.45) is 5.25. The van der Waals surface area contributed by atoms with Crippen LogP contribution >= 0.6 is 28.3 Å². The van der Waals surface area contributed by atoms with E-state index in [1.54, 1.807) is 0 Å². The second-order valence-electron chi connectivity index (χ2n) is 5.36. The molecule has 2 rings (SSSR count). The van der Waals surface area contributed by atoms with Crippen LogP contribution < -0.4 is 14.8 Å². The Balaban J connectivity index is 0.00000312. The van der Waals surface area contributed by atoms with Crippen molar-refractivity contribution in [3.05, 3.63) is 58.1 Å². The van der Waals surface area contributed by atoms with Crippen LogP contribution in [-0.2, 0) is 6.54 Å². The predicted octanol–water partition coefficient (Wildman–Crippen LogP) is 5.13. The highest BCUT2D eigenvalue weighted by atomic mass is 79.9. The molecule has 0 fully saturated rings. The van der Waals surface area contributed by atoms with Gasteiger partial charge in [0.25, 0.3) is 0 Å². The van der Waals surface area contributed by atoms with E-state index in [2.05, 4.69) is 58.4 Å². The van der Waals surface area contributed by atoms with Crippen LogP contribution in [0, 0.1) is 12.3 Å². The molecule has 2 aromatic carbocycles. The molecule has 2 aromatic rings. The van der Waals surface area contributed by atoms with E-state index >= 15 is 0 Å². The van der Waals surface area contributed by atoms with Gasteiger partial charge in [0.05, 0.1) is 6.61 Å². The van der Waals surface area contributed by atoms with Crippen molar-refractivity contribution in [2.24, 2.45) is 0 Å². The summed E-state index contributed by atoms with van der Waals surface area (Å²) in [6.45, 7) is 5.66. The van der Waals surface area contributed by atoms with Crippen molar-refractivity contribution < 1.29 is 9.47 Å². The van der Waals surface area contributed by atoms with Gasteiger partial charge in [-0.1, -0.05) is 40.0 Å². The number of benzene rings is 2. The largest absolute Gasteiger partial charge is 0.490 e. The molecule has 25 heavy (non-hydrogen) atoms. The predicted molar refractivity (Wildman–Crippen MR) is 109 cm³/mol. The van der Waals surface area contributed by atoms with E-state index in [9.17, 15) is 0 Å². The lowest BCUT2D eigenvalue weighted by atomic mass is 10.1. The number of hydrogen-bond donors (Lipinski definition) is 1. The Morgan fingerprint density at radius 3 is 2.48 bits per heavy atom. The highest BCUT2D eigenvalue weighted by Crippen LogP contribution is 2.28. The van der Waals surface area contributed by atoms with Gasteiger partial charge < -0.3 is 14.8 Å². The highest BCUT2D eigenvalue weighted by molar-refractivity contribution is 9.10. The van der Waals surface area contributed by atoms with Crippen LogP contribution in [0.5, 0.6) is 11.5 Å². The molecule has 0 heterocycles. The zero-order chi connectivity index (χ0) is 17.4. The van der Waals surface area contributed by atoms with Gasteiger partial charge in [0.1, 0.15) is 6.61 Å². The van der Waals surface area contributed by atoms with Crippen molar-refractivity contribution in [1.82, 2.24) is 5.32 Å². The third kappa shape index (κ3) is 6.62. The number of nitrogens with one attached hydrogen (secondary N) is 1. The van der Waals surface area contributed by atoms with E-state index in [0.717, 1.165) is 22.3 Å². The van der Waals surface area contributed by atoms with Gasteiger partial charge >= 0.3 is 0 Å². The van der Waals surface area contributed by atoms with Crippen LogP contribution in [0.15, 0.2) is 46.9 Å². The second kappa shape index (κ2) is 11.0. The molecule has 0 bridgehead atoms. The first-order valence-corrected chi connectivity index (χ1v) is 8.74. The quantitative estimate of drug-likeness (QED) is 0.596. The molecular weight excluding hydrogens is 402 g/mol. The van der Waals surface area contributed by atoms with Crippen molar-refractivity contribution in [1.29, 1.82) is 0 Å². The summed E-state index contributed by atoms with van der Waals surface area (Å²) >= 11 is 3.46. The van der Waals surface area contributed by atoms with E-state index in [4.69, 9.17) is 15.9 Å². The van der Waals surface area contributed by atoms with Gasteiger partial charge in [-0.05, 0) is 49.2 Å². The van der Waals surface area contributed by atoms with E-state index in [-0.39, 0.29) is 25.1 Å². The lowest BCUT2D eigenvalue weighted by molar-refractivity contribution is 0.299. The Kier molecular flexibility index (Phi) is 9.44. The Hall–Kier alpha value is -1.67. The van der Waals surface area contributed by atoms with Crippen molar-refractivity contribution in [3.63, 3.8) is 0 Å². The molecular formula is C20H23BrClNO2. The molecule has 0 radical (unpaired) electrons. The minimum atomic E-state index is 0. The van der Waals surface area contributed by atoms with Crippen molar-refractivity contribution in [2.75, 3.05) is 13.2 Å². The monoisotopic (exact) mass is 423 g/mol. The Labute approximate surface area is 164 Å². The summed E-state index contributed by atoms with van der Waals surface area (Å²) in [5, 5.41) is 3.52. The molecule has 5 heteroatoms. The molecule has 0 saturated carbocycles. The summed E-state index contributed by atoms with van der Waals surface area (Å²) in [6, 6.07) is 14.5. The first-order chi connectivity index (χ1) is 11.6. The molecule has 0 aromatic heterocycles. The first-order valence-electron chi connectivity index (χ1n) is 7.95. The van der Waals surface area contributed by atoms with Crippen molar-refractivity contribution in [3.8, 4) is 23.8 Å². The highest BCUT2D eigenvalue weighted by Gasteiger charge is 2.08. The lowest BCUT2D eigenvalue weighted by Gasteiger charge is -2.16. The fraction of sp³-hybridized carbons (Fsp3) is 0.300. The van der Waals surface area contributed by atoms with Crippen LogP contribution in [0.3, 0.4) is 0 Å². The smallest absolute Gasteiger partial charge is 0.162 e. The Morgan fingerprint density at radius 1 is 1.12 bits per heavy atom. The summed E-state index contributed by atoms with van der Waals surface area (Å²) in [5.41, 5.74) is 2.38. The van der Waals surface area contributed by atoms with Gasteiger partial charge in [-0.3, -0.25) is 0 Å². The van der Waals surface area contributed by atoms with Gasteiger partial charge in [0, 0.05) is 17.1 Å². The summed E-state index contributed by atoms with van der Waals surface area (Å²) in [5.74, 6) is 3.87. The van der Waals surface area contributed by atoms with Crippen LogP contribution in [0.2, 0.25) is 0 Å². The Morgan fingerprint density at radius 2 is 1.84 bits per heavy atom. The van der Waals surface area contributed by atoms with Gasteiger partial charge in [-0.25, -0.2) is 0 Å². The van der Waals surface area contributed by atoms with Gasteiger partial charge in [0.2, 0.25) is 0 Å². The molecule has 3 nitrogen and oxygen atoms in total. The fourth-order valence-corrected chi connectivity index (χ4v) is 2.57. The maximum Gasteiger partial charge on any atom is 0.162 e. The number of terminal acetylenes is 1. The first kappa shape index (κ1) is 21.4. The van der Waals surface area contributed by atoms with E-state index in [0.29, 0.717) is 12.4 Å². The Bertz CT molecular complexity index is 698. The molecule has 1 unspecified atom stereocenters. The fourth-order valence-electron chi connectivity index (χ4n) is 2.31. The van der Waals surface area contributed by atoms with Crippen LogP contribution in [0.25, 0.3) is 0 Å². The molecule has 0 saturated heterocycles. The van der Waals surface area contributed by atoms with Gasteiger partial charge in [-0.2, -0.15) is 0 Å². The average molecular weight is 425 g/mol. The van der Waals surface area contributed by atoms with E-state index < -0.39 is 0 Å². The number of hydrogen-bond acceptors (Lipinski definition) is 3. The number of rotatable bonds is 8. The summed E-state index contributed by atoms with van der Waals surface area (Å²) < 4.78 is 12.3. The molecule has 0 aliphatic carbocycles. The summed E-state index contributed by atoms with van der Waals surface area (Å²) in [7, 11) is 0. The zero-order valence-corrected chi connectivity index (χ0v) is 16.8. The van der Waals surface area contributed by atoms with Crippen LogP contribution in [-0.4, -0.2) is 13.2 Å². The average Bonchev–Trinajstić information content (AvgIpc) is 2.59. The topological polar surface area (TPSA) is 30.5 Å². The third-order valence-corrected chi connectivity index (χ3v) is 4.13. The molecule has 1 atom stereocenters. The second-order valence-corrected chi connectivity index (χ2v) is 6.28. The summed E-state index contributed by atoms with van der Waals surface area (Å²) in [4.78, 5) is 0. The van der Waals surface area contributed by atoms with Gasteiger partial charge in [0.15, 0.2) is 11.5 Å². The SMILES string of the molecule is C#CCOc1ccc(CNC(C)c2ccc(Br)cc2)cc1OCC.Cl.